The first-order chi connectivity index (χ1) is 13.4. The van der Waals surface area contributed by atoms with E-state index >= 15 is 0 Å². The van der Waals surface area contributed by atoms with E-state index in [9.17, 15) is 18.3 Å². The number of hydrazone groups is 1. The van der Waals surface area contributed by atoms with Gasteiger partial charge in [-0.3, -0.25) is 4.79 Å². The van der Waals surface area contributed by atoms with Crippen LogP contribution in [0.3, 0.4) is 0 Å². The molecule has 1 heterocycles. The molecule has 148 valence electrons. The van der Waals surface area contributed by atoms with Crippen LogP contribution in [0.25, 0.3) is 0 Å². The SMILES string of the molecule is O=C(N/N=C/c1ccc(O)c(Br)c1)c1cccc(S(=O)(=O)N2CCOCC2)c1. The van der Waals surface area contributed by atoms with Crippen LogP contribution in [-0.4, -0.2) is 56.3 Å². The lowest BCUT2D eigenvalue weighted by Crippen LogP contribution is -2.40. The van der Waals surface area contributed by atoms with Gasteiger partial charge < -0.3 is 9.84 Å². The number of aromatic hydroxyl groups is 1. The van der Waals surface area contributed by atoms with Crippen molar-refractivity contribution in [3.8, 4) is 5.75 Å². The fourth-order valence-electron chi connectivity index (χ4n) is 2.57. The average molecular weight is 468 g/mol. The highest BCUT2D eigenvalue weighted by molar-refractivity contribution is 9.10. The Morgan fingerprint density at radius 3 is 2.68 bits per heavy atom. The van der Waals surface area contributed by atoms with Crippen molar-refractivity contribution < 1.29 is 23.1 Å². The summed E-state index contributed by atoms with van der Waals surface area (Å²) in [7, 11) is -3.68. The summed E-state index contributed by atoms with van der Waals surface area (Å²) in [5.41, 5.74) is 3.20. The van der Waals surface area contributed by atoms with Crippen LogP contribution in [0.15, 0.2) is 56.9 Å². The molecule has 0 aliphatic carbocycles. The van der Waals surface area contributed by atoms with Gasteiger partial charge in [0.15, 0.2) is 0 Å². The molecule has 1 fully saturated rings. The van der Waals surface area contributed by atoms with Crippen molar-refractivity contribution in [3.63, 3.8) is 0 Å². The molecule has 1 amide bonds. The van der Waals surface area contributed by atoms with E-state index in [1.54, 1.807) is 12.1 Å². The molecule has 2 aromatic rings. The second kappa shape index (κ2) is 8.82. The summed E-state index contributed by atoms with van der Waals surface area (Å²) in [6.07, 6.45) is 1.41. The average Bonchev–Trinajstić information content (AvgIpc) is 2.71. The van der Waals surface area contributed by atoms with Gasteiger partial charge in [0.1, 0.15) is 5.75 Å². The second-order valence-corrected chi connectivity index (χ2v) is 8.75. The summed E-state index contributed by atoms with van der Waals surface area (Å²) in [6.45, 7) is 1.26. The molecule has 0 unspecified atom stereocenters. The van der Waals surface area contributed by atoms with Gasteiger partial charge in [-0.1, -0.05) is 6.07 Å². The van der Waals surface area contributed by atoms with Gasteiger partial charge in [0, 0.05) is 18.7 Å². The molecule has 2 aromatic carbocycles. The van der Waals surface area contributed by atoms with Crippen molar-refractivity contribution in [2.24, 2.45) is 5.10 Å². The molecule has 0 atom stereocenters. The van der Waals surface area contributed by atoms with Crippen LogP contribution in [0.1, 0.15) is 15.9 Å². The van der Waals surface area contributed by atoms with Crippen LogP contribution in [0.2, 0.25) is 0 Å². The van der Waals surface area contributed by atoms with Crippen molar-refractivity contribution in [2.45, 2.75) is 4.90 Å². The predicted molar refractivity (Wildman–Crippen MR) is 107 cm³/mol. The number of amides is 1. The summed E-state index contributed by atoms with van der Waals surface area (Å²) in [4.78, 5) is 12.4. The minimum absolute atomic E-state index is 0.0495. The Kier molecular flexibility index (Phi) is 6.45. The Morgan fingerprint density at radius 1 is 1.21 bits per heavy atom. The maximum absolute atomic E-state index is 12.7. The number of nitrogens with zero attached hydrogens (tertiary/aromatic N) is 2. The highest BCUT2D eigenvalue weighted by atomic mass is 79.9. The van der Waals surface area contributed by atoms with Crippen LogP contribution in [0, 0.1) is 0 Å². The minimum Gasteiger partial charge on any atom is -0.507 e. The van der Waals surface area contributed by atoms with Gasteiger partial charge in [-0.05, 0) is 57.9 Å². The zero-order chi connectivity index (χ0) is 20.1. The van der Waals surface area contributed by atoms with E-state index in [1.807, 2.05) is 0 Å². The van der Waals surface area contributed by atoms with Crippen molar-refractivity contribution in [3.05, 3.63) is 58.1 Å². The summed E-state index contributed by atoms with van der Waals surface area (Å²) in [5.74, 6) is -0.437. The first-order valence-electron chi connectivity index (χ1n) is 8.38. The van der Waals surface area contributed by atoms with E-state index in [0.717, 1.165) is 0 Å². The quantitative estimate of drug-likeness (QED) is 0.515. The number of phenolic OH excluding ortho intramolecular Hbond substituents is 1. The second-order valence-electron chi connectivity index (χ2n) is 5.95. The molecule has 3 rings (SSSR count). The lowest BCUT2D eigenvalue weighted by atomic mass is 10.2. The van der Waals surface area contributed by atoms with Gasteiger partial charge in [0.25, 0.3) is 5.91 Å². The summed E-state index contributed by atoms with van der Waals surface area (Å²) in [6, 6.07) is 10.6. The molecule has 8 nitrogen and oxygen atoms in total. The number of carbonyl (C=O) groups is 1. The normalized spacial score (nSPS) is 15.6. The van der Waals surface area contributed by atoms with Crippen molar-refractivity contribution in [1.29, 1.82) is 0 Å². The lowest BCUT2D eigenvalue weighted by molar-refractivity contribution is 0.0730. The number of hydrogen-bond donors (Lipinski definition) is 2. The van der Waals surface area contributed by atoms with Crippen LogP contribution in [0.5, 0.6) is 5.75 Å². The molecule has 2 N–H and O–H groups in total. The fourth-order valence-corrected chi connectivity index (χ4v) is 4.42. The smallest absolute Gasteiger partial charge is 0.271 e. The number of carbonyl (C=O) groups excluding carboxylic acids is 1. The first kappa shape index (κ1) is 20.5. The van der Waals surface area contributed by atoms with Crippen molar-refractivity contribution in [1.82, 2.24) is 9.73 Å². The van der Waals surface area contributed by atoms with Crippen LogP contribution >= 0.6 is 15.9 Å². The van der Waals surface area contributed by atoms with E-state index in [0.29, 0.717) is 23.2 Å². The molecule has 1 saturated heterocycles. The van der Waals surface area contributed by atoms with Gasteiger partial charge in [-0.2, -0.15) is 9.41 Å². The summed E-state index contributed by atoms with van der Waals surface area (Å²) in [5, 5.41) is 13.3. The van der Waals surface area contributed by atoms with E-state index in [4.69, 9.17) is 4.74 Å². The number of nitrogens with one attached hydrogen (secondary N) is 1. The first-order valence-corrected chi connectivity index (χ1v) is 10.6. The molecular weight excluding hydrogens is 450 g/mol. The number of rotatable bonds is 5. The highest BCUT2D eigenvalue weighted by Crippen LogP contribution is 2.23. The van der Waals surface area contributed by atoms with Crippen molar-refractivity contribution in [2.75, 3.05) is 26.3 Å². The summed E-state index contributed by atoms with van der Waals surface area (Å²) >= 11 is 3.20. The number of halogens is 1. The molecular formula is C18H18BrN3O5S. The molecule has 0 aromatic heterocycles. The topological polar surface area (TPSA) is 108 Å². The molecule has 1 aliphatic heterocycles. The van der Waals surface area contributed by atoms with Gasteiger partial charge in [-0.25, -0.2) is 13.8 Å². The van der Waals surface area contributed by atoms with E-state index in [2.05, 4.69) is 26.5 Å². The number of ether oxygens (including phenoxy) is 1. The zero-order valence-corrected chi connectivity index (χ0v) is 17.1. The molecule has 10 heteroatoms. The molecule has 0 bridgehead atoms. The van der Waals surface area contributed by atoms with Crippen LogP contribution in [0.4, 0.5) is 0 Å². The molecule has 0 radical (unpaired) electrons. The third kappa shape index (κ3) is 4.76. The standard InChI is InChI=1S/C18H18BrN3O5S/c19-16-10-13(4-5-17(16)23)12-20-21-18(24)14-2-1-3-15(11-14)28(25,26)22-6-8-27-9-7-22/h1-5,10-12,23H,6-9H2,(H,21,24)/b20-12+. The Bertz CT molecular complexity index is 1000. The third-order valence-corrected chi connectivity index (χ3v) is 6.59. The van der Waals surface area contributed by atoms with E-state index < -0.39 is 15.9 Å². The van der Waals surface area contributed by atoms with Gasteiger partial charge in [0.05, 0.1) is 28.8 Å². The zero-order valence-electron chi connectivity index (χ0n) is 14.7. The largest absolute Gasteiger partial charge is 0.507 e. The highest BCUT2D eigenvalue weighted by Gasteiger charge is 2.26. The molecule has 0 saturated carbocycles. The van der Waals surface area contributed by atoms with Gasteiger partial charge >= 0.3 is 0 Å². The Hall–Kier alpha value is -2.27. The lowest BCUT2D eigenvalue weighted by Gasteiger charge is -2.26. The maximum Gasteiger partial charge on any atom is 0.271 e. The number of benzene rings is 2. The minimum atomic E-state index is -3.68. The van der Waals surface area contributed by atoms with Crippen LogP contribution in [-0.2, 0) is 14.8 Å². The molecule has 1 aliphatic rings. The van der Waals surface area contributed by atoms with E-state index in [1.165, 1.54) is 40.9 Å². The number of morpholine rings is 1. The van der Waals surface area contributed by atoms with Gasteiger partial charge in [-0.15, -0.1) is 0 Å². The third-order valence-electron chi connectivity index (χ3n) is 4.06. The van der Waals surface area contributed by atoms with Crippen LogP contribution < -0.4 is 5.43 Å². The Morgan fingerprint density at radius 2 is 1.96 bits per heavy atom. The van der Waals surface area contributed by atoms with Gasteiger partial charge in [0.2, 0.25) is 10.0 Å². The number of hydrogen-bond acceptors (Lipinski definition) is 6. The Balaban J connectivity index is 1.71. The predicted octanol–water partition coefficient (Wildman–Crippen LogP) is 1.94. The summed E-state index contributed by atoms with van der Waals surface area (Å²) < 4.78 is 32.4. The van der Waals surface area contributed by atoms with Crippen molar-refractivity contribution >= 4 is 38.1 Å². The number of phenols is 1. The maximum atomic E-state index is 12.7. The Labute approximate surface area is 171 Å². The number of sulfonamides is 1. The van der Waals surface area contributed by atoms with E-state index in [-0.39, 0.29) is 29.3 Å². The fraction of sp³-hybridized carbons (Fsp3) is 0.222. The molecule has 0 spiro atoms. The monoisotopic (exact) mass is 467 g/mol. The molecule has 28 heavy (non-hydrogen) atoms.